The van der Waals surface area contributed by atoms with Gasteiger partial charge in [0.15, 0.2) is 0 Å². The highest BCUT2D eigenvalue weighted by atomic mass is 16.2. The summed E-state index contributed by atoms with van der Waals surface area (Å²) in [6, 6.07) is -0.187. The molecule has 1 rings (SSSR count). The highest BCUT2D eigenvalue weighted by molar-refractivity contribution is 5.85. The molecule has 1 aliphatic heterocycles. The number of hydrogen-bond acceptors (Lipinski definition) is 4. The van der Waals surface area contributed by atoms with Gasteiger partial charge in [0.2, 0.25) is 11.8 Å². The van der Waals surface area contributed by atoms with Gasteiger partial charge in [-0.25, -0.2) is 0 Å². The largest absolute Gasteiger partial charge is 0.354 e. The number of nitrogens with zero attached hydrogens (tertiary/aromatic N) is 1. The van der Waals surface area contributed by atoms with Crippen molar-refractivity contribution in [3.05, 3.63) is 0 Å². The van der Waals surface area contributed by atoms with E-state index in [1.807, 2.05) is 39.5 Å². The molecule has 1 fully saturated rings. The molecule has 3 N–H and O–H groups in total. The number of amides is 3. The van der Waals surface area contributed by atoms with Crippen LogP contribution < -0.4 is 16.2 Å². The first-order chi connectivity index (χ1) is 11.2. The summed E-state index contributed by atoms with van der Waals surface area (Å²) in [6.07, 6.45) is 1.87. The maximum absolute atomic E-state index is 12.1. The molecule has 3 amide bonds. The lowest BCUT2D eigenvalue weighted by atomic mass is 9.94. The van der Waals surface area contributed by atoms with Crippen molar-refractivity contribution in [3.63, 3.8) is 0 Å². The average molecular weight is 340 g/mol. The summed E-state index contributed by atoms with van der Waals surface area (Å²) < 4.78 is 0. The van der Waals surface area contributed by atoms with Crippen LogP contribution in [0.1, 0.15) is 53.9 Å². The fourth-order valence-corrected chi connectivity index (χ4v) is 2.77. The first-order valence-corrected chi connectivity index (χ1v) is 8.83. The molecule has 0 spiro atoms. The van der Waals surface area contributed by atoms with Gasteiger partial charge in [0.1, 0.15) is 0 Å². The van der Waals surface area contributed by atoms with Crippen molar-refractivity contribution >= 4 is 17.7 Å². The molecule has 1 unspecified atom stereocenters. The van der Waals surface area contributed by atoms with Crippen LogP contribution in [0.3, 0.4) is 0 Å². The van der Waals surface area contributed by atoms with Gasteiger partial charge >= 0.3 is 0 Å². The lowest BCUT2D eigenvalue weighted by Crippen LogP contribution is -2.53. The number of rotatable bonds is 6. The van der Waals surface area contributed by atoms with E-state index in [0.29, 0.717) is 19.5 Å². The van der Waals surface area contributed by atoms with E-state index in [2.05, 4.69) is 16.2 Å². The number of carbonyl (C=O) groups is 3. The number of nitrogens with one attached hydrogen (secondary N) is 3. The van der Waals surface area contributed by atoms with Crippen molar-refractivity contribution in [2.45, 2.75) is 66.0 Å². The quantitative estimate of drug-likeness (QED) is 0.624. The van der Waals surface area contributed by atoms with Gasteiger partial charge in [0, 0.05) is 18.4 Å². The highest BCUT2D eigenvalue weighted by Gasteiger charge is 2.30. The Bertz CT molecular complexity index is 443. The van der Waals surface area contributed by atoms with Crippen molar-refractivity contribution in [3.8, 4) is 0 Å². The maximum atomic E-state index is 12.1. The fourth-order valence-electron chi connectivity index (χ4n) is 2.77. The summed E-state index contributed by atoms with van der Waals surface area (Å²) in [7, 11) is 0. The Morgan fingerprint density at radius 3 is 2.08 bits per heavy atom. The lowest BCUT2D eigenvalue weighted by molar-refractivity contribution is -0.133. The second kappa shape index (κ2) is 9.61. The zero-order valence-electron chi connectivity index (χ0n) is 15.5. The number of hydrogen-bond donors (Lipinski definition) is 3. The van der Waals surface area contributed by atoms with Gasteiger partial charge in [-0.1, -0.05) is 13.8 Å². The maximum Gasteiger partial charge on any atom is 0.255 e. The monoisotopic (exact) mass is 340 g/mol. The molecule has 0 aliphatic carbocycles. The molecule has 138 valence electrons. The summed E-state index contributed by atoms with van der Waals surface area (Å²) in [5.74, 6) is -0.0468. The highest BCUT2D eigenvalue weighted by Crippen LogP contribution is 2.19. The second-order valence-corrected chi connectivity index (χ2v) is 7.28. The van der Waals surface area contributed by atoms with Crippen molar-refractivity contribution in [1.82, 2.24) is 21.1 Å². The molecule has 1 atom stereocenters. The van der Waals surface area contributed by atoms with Crippen LogP contribution in [0, 0.1) is 11.8 Å². The molecular formula is C17H32N4O3. The molecule has 1 aliphatic rings. The molecule has 0 bridgehead atoms. The Morgan fingerprint density at radius 2 is 1.58 bits per heavy atom. The van der Waals surface area contributed by atoms with E-state index in [1.165, 1.54) is 0 Å². The third-order valence-electron chi connectivity index (χ3n) is 4.18. The van der Waals surface area contributed by atoms with Gasteiger partial charge in [-0.3, -0.25) is 30.1 Å². The lowest BCUT2D eigenvalue weighted by Gasteiger charge is -2.34. The predicted octanol–water partition coefficient (Wildman–Crippen LogP) is 0.805. The first kappa shape index (κ1) is 20.4. The van der Waals surface area contributed by atoms with Crippen LogP contribution in [0.25, 0.3) is 0 Å². The van der Waals surface area contributed by atoms with Crippen LogP contribution in [0.4, 0.5) is 0 Å². The summed E-state index contributed by atoms with van der Waals surface area (Å²) in [5, 5.41) is 2.94. The van der Waals surface area contributed by atoms with Gasteiger partial charge in [0.05, 0.1) is 6.04 Å². The molecule has 0 saturated carbocycles. The van der Waals surface area contributed by atoms with Crippen LogP contribution in [0.5, 0.6) is 0 Å². The fraction of sp³-hybridized carbons (Fsp3) is 0.824. The van der Waals surface area contributed by atoms with Crippen LogP contribution >= 0.6 is 0 Å². The van der Waals surface area contributed by atoms with Gasteiger partial charge in [-0.2, -0.15) is 0 Å². The van der Waals surface area contributed by atoms with Gasteiger partial charge in [0.25, 0.3) is 5.91 Å². The van der Waals surface area contributed by atoms with Crippen molar-refractivity contribution in [2.75, 3.05) is 13.1 Å². The standard InChI is InChI=1S/C17H32N4O3/c1-11(2)10-15(22)19-20-16(23)13(5)21-8-6-14(7-9-21)17(24)18-12(3)4/h11-14H,6-10H2,1-5H3,(H,18,24)(H,19,22)(H,20,23). The normalized spacial score (nSPS) is 17.6. The minimum absolute atomic E-state index is 0.0182. The molecule has 7 heteroatoms. The smallest absolute Gasteiger partial charge is 0.255 e. The molecule has 1 heterocycles. The molecule has 24 heavy (non-hydrogen) atoms. The Balaban J connectivity index is 2.36. The summed E-state index contributed by atoms with van der Waals surface area (Å²) in [4.78, 5) is 37.8. The van der Waals surface area contributed by atoms with E-state index in [0.717, 1.165) is 12.8 Å². The van der Waals surface area contributed by atoms with Gasteiger partial charge < -0.3 is 5.32 Å². The van der Waals surface area contributed by atoms with Crippen LogP contribution in [-0.4, -0.2) is 47.8 Å². The minimum Gasteiger partial charge on any atom is -0.354 e. The zero-order chi connectivity index (χ0) is 18.3. The number of likely N-dealkylation sites (tertiary alicyclic amines) is 1. The third kappa shape index (κ3) is 6.86. The molecule has 0 radical (unpaired) electrons. The topological polar surface area (TPSA) is 90.5 Å². The third-order valence-corrected chi connectivity index (χ3v) is 4.18. The molecular weight excluding hydrogens is 308 g/mol. The predicted molar refractivity (Wildman–Crippen MR) is 92.8 cm³/mol. The van der Waals surface area contributed by atoms with E-state index < -0.39 is 0 Å². The van der Waals surface area contributed by atoms with Gasteiger partial charge in [-0.05, 0) is 52.6 Å². The Labute approximate surface area is 144 Å². The molecule has 0 aromatic carbocycles. The number of carbonyl (C=O) groups excluding carboxylic acids is 3. The number of hydrazine groups is 1. The molecule has 0 aromatic rings. The Morgan fingerprint density at radius 1 is 1.00 bits per heavy atom. The van der Waals surface area contributed by atoms with Crippen molar-refractivity contribution in [2.24, 2.45) is 11.8 Å². The second-order valence-electron chi connectivity index (χ2n) is 7.28. The van der Waals surface area contributed by atoms with Crippen molar-refractivity contribution < 1.29 is 14.4 Å². The Kier molecular flexibility index (Phi) is 8.18. The van der Waals surface area contributed by atoms with E-state index in [1.54, 1.807) is 0 Å². The molecule has 7 nitrogen and oxygen atoms in total. The van der Waals surface area contributed by atoms with E-state index in [-0.39, 0.29) is 41.6 Å². The van der Waals surface area contributed by atoms with E-state index >= 15 is 0 Å². The van der Waals surface area contributed by atoms with E-state index in [9.17, 15) is 14.4 Å². The zero-order valence-corrected chi connectivity index (χ0v) is 15.5. The SMILES string of the molecule is CC(C)CC(=O)NNC(=O)C(C)N1CCC(C(=O)NC(C)C)CC1. The van der Waals surface area contributed by atoms with Crippen LogP contribution in [0.15, 0.2) is 0 Å². The number of piperidine rings is 1. The average Bonchev–Trinajstić information content (AvgIpc) is 2.50. The summed E-state index contributed by atoms with van der Waals surface area (Å²) in [6.45, 7) is 11.0. The first-order valence-electron chi connectivity index (χ1n) is 8.83. The van der Waals surface area contributed by atoms with Gasteiger partial charge in [-0.15, -0.1) is 0 Å². The summed E-state index contributed by atoms with van der Waals surface area (Å²) in [5.41, 5.74) is 4.94. The summed E-state index contributed by atoms with van der Waals surface area (Å²) >= 11 is 0. The van der Waals surface area contributed by atoms with Crippen LogP contribution in [-0.2, 0) is 14.4 Å². The molecule has 1 saturated heterocycles. The minimum atomic E-state index is -0.335. The Hall–Kier alpha value is -1.63. The van der Waals surface area contributed by atoms with Crippen molar-refractivity contribution in [1.29, 1.82) is 0 Å². The molecule has 0 aromatic heterocycles. The van der Waals surface area contributed by atoms with Crippen LogP contribution in [0.2, 0.25) is 0 Å². The van der Waals surface area contributed by atoms with E-state index in [4.69, 9.17) is 0 Å².